The highest BCUT2D eigenvalue weighted by Gasteiger charge is 2.26. The van der Waals surface area contributed by atoms with Crippen LogP contribution in [0.1, 0.15) is 34.8 Å². The molecule has 1 aliphatic heterocycles. The molecule has 0 spiro atoms. The molecule has 1 saturated heterocycles. The summed E-state index contributed by atoms with van der Waals surface area (Å²) in [6.07, 6.45) is 3.13. The quantitative estimate of drug-likeness (QED) is 0.890. The summed E-state index contributed by atoms with van der Waals surface area (Å²) in [5.74, 6) is 1.36. The molecule has 0 radical (unpaired) electrons. The summed E-state index contributed by atoms with van der Waals surface area (Å²) >= 11 is 0. The van der Waals surface area contributed by atoms with Gasteiger partial charge in [0.15, 0.2) is 5.76 Å². The number of carbonyl (C=O) groups is 2. The molecule has 1 N–H and O–H groups in total. The first-order valence-electron chi connectivity index (χ1n) is 8.86. The Hall–Kier alpha value is -2.83. The molecule has 0 aliphatic carbocycles. The molecule has 0 saturated carbocycles. The van der Waals surface area contributed by atoms with E-state index in [0.717, 1.165) is 6.54 Å². The number of anilines is 1. The number of rotatable bonds is 5. The van der Waals surface area contributed by atoms with Crippen LogP contribution in [0.2, 0.25) is 0 Å². The van der Waals surface area contributed by atoms with Crippen molar-refractivity contribution in [3.63, 3.8) is 0 Å². The van der Waals surface area contributed by atoms with Crippen LogP contribution in [0.25, 0.3) is 0 Å². The molecule has 0 unspecified atom stereocenters. The molecule has 1 aliphatic rings. The fraction of sp³-hybridized carbons (Fsp3) is 0.421. The molecule has 0 aromatic carbocycles. The largest absolute Gasteiger partial charge is 0.459 e. The van der Waals surface area contributed by atoms with Gasteiger partial charge in [-0.15, -0.1) is 0 Å². The summed E-state index contributed by atoms with van der Waals surface area (Å²) in [6.45, 7) is 7.03. The van der Waals surface area contributed by atoms with E-state index in [2.05, 4.69) is 24.1 Å². The second-order valence-corrected chi connectivity index (χ2v) is 6.77. The first-order valence-corrected chi connectivity index (χ1v) is 8.86. The molecule has 1 fully saturated rings. The highest BCUT2D eigenvalue weighted by Crippen LogP contribution is 2.14. The van der Waals surface area contributed by atoms with E-state index in [0.29, 0.717) is 49.2 Å². The molecule has 3 rings (SSSR count). The molecule has 7 nitrogen and oxygen atoms in total. The van der Waals surface area contributed by atoms with Crippen molar-refractivity contribution in [2.24, 2.45) is 5.92 Å². The van der Waals surface area contributed by atoms with Crippen LogP contribution in [0.5, 0.6) is 0 Å². The SMILES string of the molecule is CC(C)CNc1cc(C(=O)N2CCN(C(=O)c3ccco3)CC2)ccn1. The van der Waals surface area contributed by atoms with E-state index in [4.69, 9.17) is 4.42 Å². The Kier molecular flexibility index (Phi) is 5.55. The van der Waals surface area contributed by atoms with Crippen LogP contribution in [0.3, 0.4) is 0 Å². The lowest BCUT2D eigenvalue weighted by molar-refractivity contribution is 0.0518. The average molecular weight is 356 g/mol. The third-order valence-electron chi connectivity index (χ3n) is 4.28. The van der Waals surface area contributed by atoms with Gasteiger partial charge in [0.2, 0.25) is 0 Å². The van der Waals surface area contributed by atoms with Crippen LogP contribution in [-0.4, -0.2) is 59.3 Å². The smallest absolute Gasteiger partial charge is 0.289 e. The van der Waals surface area contributed by atoms with E-state index in [-0.39, 0.29) is 11.8 Å². The molecule has 138 valence electrons. The van der Waals surface area contributed by atoms with Gasteiger partial charge in [-0.3, -0.25) is 9.59 Å². The molecule has 3 heterocycles. The predicted octanol–water partition coefficient (Wildman–Crippen LogP) is 2.34. The van der Waals surface area contributed by atoms with Crippen LogP contribution < -0.4 is 5.32 Å². The number of hydrogen-bond acceptors (Lipinski definition) is 5. The maximum atomic E-state index is 12.7. The molecule has 26 heavy (non-hydrogen) atoms. The summed E-state index contributed by atoms with van der Waals surface area (Å²) in [4.78, 5) is 32.8. The lowest BCUT2D eigenvalue weighted by atomic mass is 10.2. The van der Waals surface area contributed by atoms with Gasteiger partial charge in [0.1, 0.15) is 5.82 Å². The first kappa shape index (κ1) is 18.0. The summed E-state index contributed by atoms with van der Waals surface area (Å²) in [7, 11) is 0. The summed E-state index contributed by atoms with van der Waals surface area (Å²) in [5, 5.41) is 3.23. The molecule has 0 bridgehead atoms. The van der Waals surface area contributed by atoms with Crippen molar-refractivity contribution < 1.29 is 14.0 Å². The zero-order valence-electron chi connectivity index (χ0n) is 15.1. The Bertz CT molecular complexity index is 750. The lowest BCUT2D eigenvalue weighted by Gasteiger charge is -2.34. The Morgan fingerprint density at radius 1 is 1.15 bits per heavy atom. The molecule has 2 amide bonds. The van der Waals surface area contributed by atoms with Crippen molar-refractivity contribution >= 4 is 17.6 Å². The van der Waals surface area contributed by atoms with Gasteiger partial charge in [-0.2, -0.15) is 0 Å². The second kappa shape index (κ2) is 8.03. The standard InChI is InChI=1S/C19H24N4O3/c1-14(2)13-21-17-12-15(5-6-20-17)18(24)22-7-9-23(10-8-22)19(25)16-4-3-11-26-16/h3-6,11-12,14H,7-10,13H2,1-2H3,(H,20,21). The molecule has 7 heteroatoms. The maximum Gasteiger partial charge on any atom is 0.289 e. The number of piperazine rings is 1. The van der Waals surface area contributed by atoms with Crippen LogP contribution >= 0.6 is 0 Å². The zero-order valence-corrected chi connectivity index (χ0v) is 15.1. The van der Waals surface area contributed by atoms with Crippen molar-refractivity contribution in [2.75, 3.05) is 38.0 Å². The first-order chi connectivity index (χ1) is 12.5. The second-order valence-electron chi connectivity index (χ2n) is 6.77. The van der Waals surface area contributed by atoms with Gasteiger partial charge in [-0.25, -0.2) is 4.98 Å². The third-order valence-corrected chi connectivity index (χ3v) is 4.28. The topological polar surface area (TPSA) is 78.7 Å². The molecular formula is C19H24N4O3. The minimum absolute atomic E-state index is 0.0369. The number of nitrogens with one attached hydrogen (secondary N) is 1. The van der Waals surface area contributed by atoms with Crippen LogP contribution in [0.4, 0.5) is 5.82 Å². The zero-order chi connectivity index (χ0) is 18.5. The minimum Gasteiger partial charge on any atom is -0.459 e. The number of nitrogens with zero attached hydrogens (tertiary/aromatic N) is 3. The summed E-state index contributed by atoms with van der Waals surface area (Å²) in [5.41, 5.74) is 0.608. The number of amides is 2. The van der Waals surface area contributed by atoms with E-state index in [1.54, 1.807) is 40.3 Å². The van der Waals surface area contributed by atoms with Crippen LogP contribution in [0, 0.1) is 5.92 Å². The fourth-order valence-corrected chi connectivity index (χ4v) is 2.82. The predicted molar refractivity (Wildman–Crippen MR) is 98.1 cm³/mol. The van der Waals surface area contributed by atoms with Gasteiger partial charge in [0, 0.05) is 44.5 Å². The van der Waals surface area contributed by atoms with Gasteiger partial charge in [0.05, 0.1) is 6.26 Å². The molecule has 0 atom stereocenters. The third kappa shape index (κ3) is 4.22. The monoisotopic (exact) mass is 356 g/mol. The van der Waals surface area contributed by atoms with E-state index in [1.165, 1.54) is 6.26 Å². The molecular weight excluding hydrogens is 332 g/mol. The normalized spacial score (nSPS) is 14.6. The average Bonchev–Trinajstić information content (AvgIpc) is 3.20. The van der Waals surface area contributed by atoms with E-state index >= 15 is 0 Å². The summed E-state index contributed by atoms with van der Waals surface area (Å²) < 4.78 is 5.16. The maximum absolute atomic E-state index is 12.7. The van der Waals surface area contributed by atoms with Gasteiger partial charge in [-0.05, 0) is 30.2 Å². The van der Waals surface area contributed by atoms with Crippen molar-refractivity contribution in [1.82, 2.24) is 14.8 Å². The number of aromatic nitrogens is 1. The van der Waals surface area contributed by atoms with Gasteiger partial charge >= 0.3 is 0 Å². The lowest BCUT2D eigenvalue weighted by Crippen LogP contribution is -2.50. The fourth-order valence-electron chi connectivity index (χ4n) is 2.82. The van der Waals surface area contributed by atoms with Gasteiger partial charge in [0.25, 0.3) is 11.8 Å². The Labute approximate surface area is 153 Å². The Balaban J connectivity index is 1.58. The van der Waals surface area contributed by atoms with Gasteiger partial charge < -0.3 is 19.5 Å². The van der Waals surface area contributed by atoms with Crippen molar-refractivity contribution in [1.29, 1.82) is 0 Å². The van der Waals surface area contributed by atoms with E-state index < -0.39 is 0 Å². The highest BCUT2D eigenvalue weighted by molar-refractivity contribution is 5.95. The molecule has 2 aromatic heterocycles. The minimum atomic E-state index is -0.133. The Morgan fingerprint density at radius 3 is 2.46 bits per heavy atom. The van der Waals surface area contributed by atoms with E-state index in [9.17, 15) is 9.59 Å². The highest BCUT2D eigenvalue weighted by atomic mass is 16.3. The van der Waals surface area contributed by atoms with Crippen LogP contribution in [0.15, 0.2) is 41.1 Å². The number of hydrogen-bond donors (Lipinski definition) is 1. The number of furan rings is 1. The van der Waals surface area contributed by atoms with Gasteiger partial charge in [-0.1, -0.05) is 13.8 Å². The number of carbonyl (C=O) groups excluding carboxylic acids is 2. The van der Waals surface area contributed by atoms with Crippen molar-refractivity contribution in [2.45, 2.75) is 13.8 Å². The number of pyridine rings is 1. The van der Waals surface area contributed by atoms with Crippen molar-refractivity contribution in [3.05, 3.63) is 48.0 Å². The molecule has 2 aromatic rings. The van der Waals surface area contributed by atoms with Crippen molar-refractivity contribution in [3.8, 4) is 0 Å². The van der Waals surface area contributed by atoms with E-state index in [1.807, 2.05) is 0 Å². The summed E-state index contributed by atoms with van der Waals surface area (Å²) in [6, 6.07) is 6.86. The van der Waals surface area contributed by atoms with Crippen LogP contribution in [-0.2, 0) is 0 Å². The Morgan fingerprint density at radius 2 is 1.85 bits per heavy atom.